The first-order chi connectivity index (χ1) is 6.81. The molecule has 2 rings (SSSR count). The van der Waals surface area contributed by atoms with E-state index >= 15 is 0 Å². The molecule has 72 valence electrons. The van der Waals surface area contributed by atoms with Gasteiger partial charge in [0, 0.05) is 6.07 Å². The van der Waals surface area contributed by atoms with E-state index in [0.29, 0.717) is 0 Å². The van der Waals surface area contributed by atoms with Crippen LogP contribution in [0.1, 0.15) is 12.6 Å². The minimum atomic E-state index is 0.188. The highest BCUT2D eigenvalue weighted by Gasteiger charge is 2.05. The molecular weight excluding hydrogens is 176 g/mol. The van der Waals surface area contributed by atoms with E-state index in [1.165, 1.54) is 0 Å². The summed E-state index contributed by atoms with van der Waals surface area (Å²) in [7, 11) is 0. The molecule has 0 aliphatic heterocycles. The van der Waals surface area contributed by atoms with E-state index in [4.69, 9.17) is 0 Å². The standard InChI is InChI=1S/C11H12N2O/c1-2-9-8-11(14)13(12-9)10-6-4-3-5-7-10/h3-8,14H,2H2,1H3. The fraction of sp³-hybridized carbons (Fsp3) is 0.182. The van der Waals surface area contributed by atoms with E-state index < -0.39 is 0 Å². The lowest BCUT2D eigenvalue weighted by atomic mass is 10.3. The maximum absolute atomic E-state index is 9.62. The van der Waals surface area contributed by atoms with Gasteiger partial charge in [0.2, 0.25) is 5.88 Å². The van der Waals surface area contributed by atoms with Crippen molar-refractivity contribution in [3.05, 3.63) is 42.1 Å². The van der Waals surface area contributed by atoms with Gasteiger partial charge in [-0.05, 0) is 18.6 Å². The normalized spacial score (nSPS) is 10.4. The molecule has 1 heterocycles. The molecule has 1 N–H and O–H groups in total. The number of rotatable bonds is 2. The van der Waals surface area contributed by atoms with Crippen LogP contribution in [0.3, 0.4) is 0 Å². The second-order valence-electron chi connectivity index (χ2n) is 3.09. The zero-order valence-corrected chi connectivity index (χ0v) is 8.01. The number of aromatic nitrogens is 2. The summed E-state index contributed by atoms with van der Waals surface area (Å²) in [6.45, 7) is 2.01. The first-order valence-corrected chi connectivity index (χ1v) is 4.64. The van der Waals surface area contributed by atoms with Crippen LogP contribution in [-0.2, 0) is 6.42 Å². The van der Waals surface area contributed by atoms with Gasteiger partial charge in [-0.1, -0.05) is 25.1 Å². The van der Waals surface area contributed by atoms with Gasteiger partial charge in [0.05, 0.1) is 11.4 Å². The second-order valence-corrected chi connectivity index (χ2v) is 3.09. The van der Waals surface area contributed by atoms with Crippen LogP contribution in [0, 0.1) is 0 Å². The zero-order valence-electron chi connectivity index (χ0n) is 8.01. The van der Waals surface area contributed by atoms with Gasteiger partial charge < -0.3 is 5.11 Å². The van der Waals surface area contributed by atoms with E-state index in [0.717, 1.165) is 17.8 Å². The third-order valence-electron chi connectivity index (χ3n) is 2.10. The van der Waals surface area contributed by atoms with Gasteiger partial charge in [-0.25, -0.2) is 4.68 Å². The summed E-state index contributed by atoms with van der Waals surface area (Å²) in [6, 6.07) is 11.3. The minimum Gasteiger partial charge on any atom is -0.493 e. The largest absolute Gasteiger partial charge is 0.493 e. The van der Waals surface area contributed by atoms with Gasteiger partial charge in [-0.15, -0.1) is 0 Å². The summed E-state index contributed by atoms with van der Waals surface area (Å²) in [5, 5.41) is 13.9. The average Bonchev–Trinajstić information content (AvgIpc) is 2.61. The summed E-state index contributed by atoms with van der Waals surface area (Å²) in [6.07, 6.45) is 0.827. The van der Waals surface area contributed by atoms with Gasteiger partial charge in [0.25, 0.3) is 0 Å². The molecule has 0 unspecified atom stereocenters. The summed E-state index contributed by atoms with van der Waals surface area (Å²) < 4.78 is 1.54. The van der Waals surface area contributed by atoms with Crippen LogP contribution in [0.2, 0.25) is 0 Å². The molecule has 0 amide bonds. The highest BCUT2D eigenvalue weighted by molar-refractivity contribution is 5.35. The lowest BCUT2D eigenvalue weighted by Gasteiger charge is -2.01. The molecule has 3 heteroatoms. The Balaban J connectivity index is 2.46. The highest BCUT2D eigenvalue weighted by Crippen LogP contribution is 2.17. The van der Waals surface area contributed by atoms with Gasteiger partial charge in [-0.3, -0.25) is 0 Å². The van der Waals surface area contributed by atoms with Crippen molar-refractivity contribution in [2.75, 3.05) is 0 Å². The molecule has 14 heavy (non-hydrogen) atoms. The highest BCUT2D eigenvalue weighted by atomic mass is 16.3. The molecule has 0 bridgehead atoms. The number of nitrogens with zero attached hydrogens (tertiary/aromatic N) is 2. The Morgan fingerprint density at radius 2 is 2.00 bits per heavy atom. The van der Waals surface area contributed by atoms with Crippen LogP contribution in [0.5, 0.6) is 5.88 Å². The summed E-state index contributed by atoms with van der Waals surface area (Å²) >= 11 is 0. The minimum absolute atomic E-state index is 0.188. The fourth-order valence-electron chi connectivity index (χ4n) is 1.35. The molecule has 0 aliphatic rings. The van der Waals surface area contributed by atoms with Crippen molar-refractivity contribution >= 4 is 0 Å². The van der Waals surface area contributed by atoms with Gasteiger partial charge in [-0.2, -0.15) is 5.10 Å². The van der Waals surface area contributed by atoms with Gasteiger partial charge in [0.1, 0.15) is 0 Å². The van der Waals surface area contributed by atoms with Crippen LogP contribution in [0.25, 0.3) is 5.69 Å². The molecule has 0 spiro atoms. The van der Waals surface area contributed by atoms with E-state index in [9.17, 15) is 5.11 Å². The van der Waals surface area contributed by atoms with Crippen molar-refractivity contribution < 1.29 is 5.11 Å². The third kappa shape index (κ3) is 1.48. The smallest absolute Gasteiger partial charge is 0.214 e. The van der Waals surface area contributed by atoms with Crippen molar-refractivity contribution in [3.8, 4) is 11.6 Å². The van der Waals surface area contributed by atoms with Crippen molar-refractivity contribution in [2.45, 2.75) is 13.3 Å². The van der Waals surface area contributed by atoms with E-state index in [1.54, 1.807) is 10.7 Å². The number of aryl methyl sites for hydroxylation is 1. The number of hydrogen-bond donors (Lipinski definition) is 1. The topological polar surface area (TPSA) is 38.0 Å². The van der Waals surface area contributed by atoms with Crippen molar-refractivity contribution in [3.63, 3.8) is 0 Å². The Morgan fingerprint density at radius 1 is 1.29 bits per heavy atom. The van der Waals surface area contributed by atoms with Crippen molar-refractivity contribution in [1.82, 2.24) is 9.78 Å². The molecule has 0 saturated carbocycles. The molecule has 0 radical (unpaired) electrons. The average molecular weight is 188 g/mol. The van der Waals surface area contributed by atoms with Gasteiger partial charge in [0.15, 0.2) is 0 Å². The van der Waals surface area contributed by atoms with E-state index in [-0.39, 0.29) is 5.88 Å². The van der Waals surface area contributed by atoms with Crippen LogP contribution >= 0.6 is 0 Å². The Kier molecular flexibility index (Phi) is 2.23. The second kappa shape index (κ2) is 3.54. The first-order valence-electron chi connectivity index (χ1n) is 4.64. The third-order valence-corrected chi connectivity index (χ3v) is 2.10. The monoisotopic (exact) mass is 188 g/mol. The zero-order chi connectivity index (χ0) is 9.97. The molecule has 2 aromatic rings. The van der Waals surface area contributed by atoms with Crippen LogP contribution in [0.15, 0.2) is 36.4 Å². The first kappa shape index (κ1) is 8.81. The lowest BCUT2D eigenvalue weighted by Crippen LogP contribution is -1.95. The molecular formula is C11H12N2O. The molecule has 0 fully saturated rings. The van der Waals surface area contributed by atoms with Crippen LogP contribution in [-0.4, -0.2) is 14.9 Å². The SMILES string of the molecule is CCc1cc(O)n(-c2ccccc2)n1. The Morgan fingerprint density at radius 3 is 2.57 bits per heavy atom. The summed E-state index contributed by atoms with van der Waals surface area (Å²) in [5.41, 5.74) is 1.77. The molecule has 3 nitrogen and oxygen atoms in total. The molecule has 0 atom stereocenters. The van der Waals surface area contributed by atoms with E-state index in [2.05, 4.69) is 5.10 Å². The maximum atomic E-state index is 9.62. The fourth-order valence-corrected chi connectivity index (χ4v) is 1.35. The maximum Gasteiger partial charge on any atom is 0.214 e. The Labute approximate surface area is 82.6 Å². The number of benzene rings is 1. The number of para-hydroxylation sites is 1. The summed E-state index contributed by atoms with van der Waals surface area (Å²) in [4.78, 5) is 0. The summed E-state index contributed by atoms with van der Waals surface area (Å²) in [5.74, 6) is 0.188. The predicted molar refractivity (Wildman–Crippen MR) is 54.6 cm³/mol. The quantitative estimate of drug-likeness (QED) is 0.784. The molecule has 1 aromatic carbocycles. The lowest BCUT2D eigenvalue weighted by molar-refractivity contribution is 0.433. The van der Waals surface area contributed by atoms with E-state index in [1.807, 2.05) is 37.3 Å². The number of hydrogen-bond acceptors (Lipinski definition) is 2. The molecule has 0 aliphatic carbocycles. The van der Waals surface area contributed by atoms with Crippen molar-refractivity contribution in [1.29, 1.82) is 0 Å². The van der Waals surface area contributed by atoms with Crippen LogP contribution in [0.4, 0.5) is 0 Å². The predicted octanol–water partition coefficient (Wildman–Crippen LogP) is 2.14. The Bertz CT molecular complexity index is 420. The Hall–Kier alpha value is -1.77. The molecule has 0 saturated heterocycles. The van der Waals surface area contributed by atoms with Gasteiger partial charge >= 0.3 is 0 Å². The van der Waals surface area contributed by atoms with Crippen molar-refractivity contribution in [2.24, 2.45) is 0 Å². The number of aromatic hydroxyl groups is 1. The molecule has 1 aromatic heterocycles. The van der Waals surface area contributed by atoms with Crippen LogP contribution < -0.4 is 0 Å².